The maximum atomic E-state index is 6.20. The van der Waals surface area contributed by atoms with Gasteiger partial charge in [-0.05, 0) is 19.0 Å². The molecule has 0 bridgehead atoms. The van der Waals surface area contributed by atoms with E-state index < -0.39 is 0 Å². The monoisotopic (exact) mass is 281 g/mol. The van der Waals surface area contributed by atoms with E-state index >= 15 is 0 Å². The van der Waals surface area contributed by atoms with Gasteiger partial charge >= 0.3 is 0 Å². The molecule has 0 saturated carbocycles. The molecular weight excluding hydrogens is 269 g/mol. The number of H-pyrrole nitrogens is 1. The van der Waals surface area contributed by atoms with Gasteiger partial charge in [-0.1, -0.05) is 35.3 Å². The zero-order valence-corrected chi connectivity index (χ0v) is 11.2. The smallest absolute Gasteiger partial charge is 0.110 e. The summed E-state index contributed by atoms with van der Waals surface area (Å²) in [6, 6.07) is 5.62. The topological polar surface area (TPSA) is 40.7 Å². The van der Waals surface area contributed by atoms with Crippen molar-refractivity contribution < 1.29 is 0 Å². The molecule has 2 N–H and O–H groups in total. The molecule has 1 aliphatic rings. The number of rotatable bonds is 2. The first-order valence-corrected chi connectivity index (χ1v) is 6.71. The molecule has 3 rings (SSSR count). The van der Waals surface area contributed by atoms with Crippen LogP contribution in [0.1, 0.15) is 18.2 Å². The Kier molecular flexibility index (Phi) is 3.29. The van der Waals surface area contributed by atoms with Gasteiger partial charge in [-0.25, -0.2) is 4.98 Å². The number of imidazole rings is 1. The third-order valence-corrected chi connectivity index (χ3v) is 4.10. The fourth-order valence-corrected chi connectivity index (χ4v) is 2.68. The highest BCUT2D eigenvalue weighted by molar-refractivity contribution is 6.43. The first-order chi connectivity index (χ1) is 8.75. The number of aromatic nitrogens is 2. The lowest BCUT2D eigenvalue weighted by molar-refractivity contribution is 0.715. The second-order valence-corrected chi connectivity index (χ2v) is 5.26. The molecule has 0 spiro atoms. The van der Waals surface area contributed by atoms with Crippen LogP contribution in [0.3, 0.4) is 0 Å². The number of nitrogens with one attached hydrogen (secondary N) is 2. The highest BCUT2D eigenvalue weighted by Gasteiger charge is 2.20. The van der Waals surface area contributed by atoms with Crippen molar-refractivity contribution in [3.8, 4) is 11.3 Å². The third-order valence-electron chi connectivity index (χ3n) is 3.28. The van der Waals surface area contributed by atoms with Crippen LogP contribution in [0.4, 0.5) is 0 Å². The van der Waals surface area contributed by atoms with Crippen molar-refractivity contribution >= 4 is 23.2 Å². The fourth-order valence-electron chi connectivity index (χ4n) is 2.28. The minimum absolute atomic E-state index is 0.469. The van der Waals surface area contributed by atoms with Crippen molar-refractivity contribution in [1.82, 2.24) is 15.3 Å². The summed E-state index contributed by atoms with van der Waals surface area (Å²) in [5.41, 5.74) is 1.82. The van der Waals surface area contributed by atoms with Gasteiger partial charge in [-0.15, -0.1) is 0 Å². The van der Waals surface area contributed by atoms with Crippen molar-refractivity contribution in [3.05, 3.63) is 40.3 Å². The number of halogens is 2. The van der Waals surface area contributed by atoms with E-state index in [1.165, 1.54) is 0 Å². The number of hydrogen-bond donors (Lipinski definition) is 2. The molecule has 2 aromatic rings. The van der Waals surface area contributed by atoms with E-state index in [1.54, 1.807) is 6.07 Å². The maximum Gasteiger partial charge on any atom is 0.110 e. The van der Waals surface area contributed by atoms with Gasteiger partial charge in [0.25, 0.3) is 0 Å². The SMILES string of the molecule is Clc1cccc(-c2cnc(C3CCNC3)[nH]2)c1Cl. The highest BCUT2D eigenvalue weighted by Crippen LogP contribution is 2.33. The van der Waals surface area contributed by atoms with Gasteiger partial charge in [0.2, 0.25) is 0 Å². The van der Waals surface area contributed by atoms with Gasteiger partial charge in [0.1, 0.15) is 5.82 Å². The lowest BCUT2D eigenvalue weighted by Gasteiger charge is -2.05. The average Bonchev–Trinajstić information content (AvgIpc) is 3.01. The van der Waals surface area contributed by atoms with Gasteiger partial charge in [0.15, 0.2) is 0 Å². The molecule has 1 unspecified atom stereocenters. The van der Waals surface area contributed by atoms with E-state index in [-0.39, 0.29) is 0 Å². The van der Waals surface area contributed by atoms with Crippen molar-refractivity contribution in [2.45, 2.75) is 12.3 Å². The summed E-state index contributed by atoms with van der Waals surface area (Å²) >= 11 is 12.2. The van der Waals surface area contributed by atoms with Crippen LogP contribution < -0.4 is 5.32 Å². The summed E-state index contributed by atoms with van der Waals surface area (Å²) < 4.78 is 0. The molecule has 1 aromatic heterocycles. The second kappa shape index (κ2) is 4.92. The summed E-state index contributed by atoms with van der Waals surface area (Å²) in [5.74, 6) is 1.49. The van der Waals surface area contributed by atoms with Crippen LogP contribution in [-0.2, 0) is 0 Å². The van der Waals surface area contributed by atoms with E-state index in [0.29, 0.717) is 16.0 Å². The lowest BCUT2D eigenvalue weighted by Crippen LogP contribution is -2.08. The predicted octanol–water partition coefficient (Wildman–Crippen LogP) is 3.46. The van der Waals surface area contributed by atoms with Gasteiger partial charge in [-0.2, -0.15) is 0 Å². The Morgan fingerprint density at radius 2 is 2.17 bits per heavy atom. The summed E-state index contributed by atoms with van der Waals surface area (Å²) in [6.45, 7) is 2.04. The second-order valence-electron chi connectivity index (χ2n) is 4.47. The third kappa shape index (κ3) is 2.14. The fraction of sp³-hybridized carbons (Fsp3) is 0.308. The Morgan fingerprint density at radius 3 is 2.94 bits per heavy atom. The molecule has 5 heteroatoms. The molecule has 0 aliphatic carbocycles. The first-order valence-electron chi connectivity index (χ1n) is 5.95. The molecule has 94 valence electrons. The Morgan fingerprint density at radius 1 is 1.28 bits per heavy atom. The van der Waals surface area contributed by atoms with Gasteiger partial charge in [0.05, 0.1) is 21.9 Å². The van der Waals surface area contributed by atoms with Crippen LogP contribution in [0.25, 0.3) is 11.3 Å². The van der Waals surface area contributed by atoms with Gasteiger partial charge < -0.3 is 10.3 Å². The van der Waals surface area contributed by atoms with Gasteiger partial charge in [-0.3, -0.25) is 0 Å². The van der Waals surface area contributed by atoms with Crippen molar-refractivity contribution in [1.29, 1.82) is 0 Å². The molecule has 18 heavy (non-hydrogen) atoms. The Labute approximate surface area is 116 Å². The summed E-state index contributed by atoms with van der Waals surface area (Å²) in [7, 11) is 0. The summed E-state index contributed by atoms with van der Waals surface area (Å²) in [6.07, 6.45) is 2.95. The largest absolute Gasteiger partial charge is 0.342 e. The summed E-state index contributed by atoms with van der Waals surface area (Å²) in [5, 5.41) is 4.46. The molecule has 0 amide bonds. The van der Waals surface area contributed by atoms with E-state index in [1.807, 2.05) is 18.3 Å². The molecule has 1 aliphatic heterocycles. The van der Waals surface area contributed by atoms with Crippen molar-refractivity contribution in [2.75, 3.05) is 13.1 Å². The first kappa shape index (κ1) is 12.0. The van der Waals surface area contributed by atoms with Crippen LogP contribution in [0.5, 0.6) is 0 Å². The highest BCUT2D eigenvalue weighted by atomic mass is 35.5. The van der Waals surface area contributed by atoms with Crippen molar-refractivity contribution in [2.24, 2.45) is 0 Å². The quantitative estimate of drug-likeness (QED) is 0.885. The predicted molar refractivity (Wildman–Crippen MR) is 74.3 cm³/mol. The average molecular weight is 282 g/mol. The van der Waals surface area contributed by atoms with Gasteiger partial charge in [0, 0.05) is 18.0 Å². The molecule has 2 heterocycles. The number of hydrogen-bond acceptors (Lipinski definition) is 2. The van der Waals surface area contributed by atoms with E-state index in [2.05, 4.69) is 15.3 Å². The van der Waals surface area contributed by atoms with E-state index in [0.717, 1.165) is 36.6 Å². The van der Waals surface area contributed by atoms with Crippen LogP contribution in [0.15, 0.2) is 24.4 Å². The Balaban J connectivity index is 1.95. The number of benzene rings is 1. The molecule has 1 fully saturated rings. The Hall–Kier alpha value is -1.03. The zero-order chi connectivity index (χ0) is 12.5. The maximum absolute atomic E-state index is 6.20. The van der Waals surface area contributed by atoms with E-state index in [4.69, 9.17) is 23.2 Å². The minimum Gasteiger partial charge on any atom is -0.342 e. The Bertz CT molecular complexity index is 559. The minimum atomic E-state index is 0.469. The molecule has 0 radical (unpaired) electrons. The lowest BCUT2D eigenvalue weighted by atomic mass is 10.1. The summed E-state index contributed by atoms with van der Waals surface area (Å²) in [4.78, 5) is 7.79. The molecule has 1 atom stereocenters. The zero-order valence-electron chi connectivity index (χ0n) is 9.71. The van der Waals surface area contributed by atoms with Crippen LogP contribution >= 0.6 is 23.2 Å². The molecule has 1 saturated heterocycles. The van der Waals surface area contributed by atoms with Crippen LogP contribution in [0.2, 0.25) is 10.0 Å². The van der Waals surface area contributed by atoms with E-state index in [9.17, 15) is 0 Å². The van der Waals surface area contributed by atoms with Crippen LogP contribution in [-0.4, -0.2) is 23.1 Å². The van der Waals surface area contributed by atoms with Crippen molar-refractivity contribution in [3.63, 3.8) is 0 Å². The molecular formula is C13H13Cl2N3. The molecule has 3 nitrogen and oxygen atoms in total. The van der Waals surface area contributed by atoms with Crippen LogP contribution in [0, 0.1) is 0 Å². The molecule has 1 aromatic carbocycles. The normalized spacial score (nSPS) is 19.3. The standard InChI is InChI=1S/C13H13Cl2N3/c14-10-3-1-2-9(12(10)15)11-7-17-13(18-11)8-4-5-16-6-8/h1-3,7-8,16H,4-6H2,(H,17,18). The number of aromatic amines is 1. The number of nitrogens with zero attached hydrogens (tertiary/aromatic N) is 1.